The maximum absolute atomic E-state index is 12.3. The molecule has 0 aromatic carbocycles. The number of halogens is 3. The predicted octanol–water partition coefficient (Wildman–Crippen LogP) is 1.95. The van der Waals surface area contributed by atoms with Gasteiger partial charge in [0.1, 0.15) is 5.82 Å². The molecule has 0 amide bonds. The van der Waals surface area contributed by atoms with Crippen molar-refractivity contribution >= 4 is 17.4 Å². The van der Waals surface area contributed by atoms with Gasteiger partial charge in [-0.15, -0.1) is 0 Å². The van der Waals surface area contributed by atoms with Crippen molar-refractivity contribution in [1.82, 2.24) is 4.98 Å². The highest BCUT2D eigenvalue weighted by Gasteiger charge is 2.27. The van der Waals surface area contributed by atoms with Crippen molar-refractivity contribution in [3.8, 4) is 0 Å². The van der Waals surface area contributed by atoms with Gasteiger partial charge in [-0.2, -0.15) is 8.78 Å². The Morgan fingerprint density at radius 3 is 2.45 bits per heavy atom. The van der Waals surface area contributed by atoms with Crippen molar-refractivity contribution in [2.75, 3.05) is 5.73 Å². The van der Waals surface area contributed by atoms with E-state index in [4.69, 9.17) is 17.3 Å². The molecule has 1 aromatic rings. The average Bonchev–Trinajstić information content (AvgIpc) is 1.86. The van der Waals surface area contributed by atoms with Gasteiger partial charge in [0, 0.05) is 6.20 Å². The summed E-state index contributed by atoms with van der Waals surface area (Å²) in [6, 6.07) is 2.40. The van der Waals surface area contributed by atoms with E-state index in [2.05, 4.69) is 4.98 Å². The van der Waals surface area contributed by atoms with Crippen LogP contribution in [0.25, 0.3) is 0 Å². The Hall–Kier alpha value is -0.900. The molecule has 0 aliphatic carbocycles. The molecule has 0 aliphatic rings. The fourth-order valence-corrected chi connectivity index (χ4v) is 0.685. The lowest BCUT2D eigenvalue weighted by Crippen LogP contribution is -2.04. The summed E-state index contributed by atoms with van der Waals surface area (Å²) in [5.41, 5.74) is 4.82. The monoisotopic (exact) mass is 178 g/mol. The summed E-state index contributed by atoms with van der Waals surface area (Å²) < 4.78 is 24.5. The molecule has 0 spiro atoms. The summed E-state index contributed by atoms with van der Waals surface area (Å²) in [6.07, 6.45) is 0.947. The standard InChI is InChI=1S/C6H5ClF2N2/c7-6(8,9)4-1-2-5(10)11-3-4/h1-3H,(H2,10,11). The zero-order valence-corrected chi connectivity index (χ0v) is 6.15. The summed E-state index contributed by atoms with van der Waals surface area (Å²) in [5.74, 6) is 0.190. The van der Waals surface area contributed by atoms with Gasteiger partial charge in [-0.25, -0.2) is 4.98 Å². The first-order chi connectivity index (χ1) is 5.00. The Balaban J connectivity index is 2.99. The van der Waals surface area contributed by atoms with Crippen molar-refractivity contribution in [3.05, 3.63) is 23.9 Å². The van der Waals surface area contributed by atoms with Gasteiger partial charge in [-0.1, -0.05) is 0 Å². The molecule has 0 saturated carbocycles. The molecule has 0 aliphatic heterocycles. The second kappa shape index (κ2) is 2.62. The molecule has 1 aromatic heterocycles. The molecule has 0 saturated heterocycles. The Morgan fingerprint density at radius 2 is 2.09 bits per heavy atom. The molecule has 2 N–H and O–H groups in total. The van der Waals surface area contributed by atoms with E-state index in [-0.39, 0.29) is 11.4 Å². The first-order valence-corrected chi connectivity index (χ1v) is 3.16. The number of rotatable bonds is 1. The summed E-state index contributed by atoms with van der Waals surface area (Å²) in [5, 5.41) is -3.36. The van der Waals surface area contributed by atoms with E-state index in [0.29, 0.717) is 0 Å². The lowest BCUT2D eigenvalue weighted by atomic mass is 10.3. The van der Waals surface area contributed by atoms with Gasteiger partial charge in [0.05, 0.1) is 5.56 Å². The summed E-state index contributed by atoms with van der Waals surface area (Å²) >= 11 is 4.70. The van der Waals surface area contributed by atoms with Gasteiger partial charge >= 0.3 is 5.38 Å². The maximum Gasteiger partial charge on any atom is 0.349 e. The van der Waals surface area contributed by atoms with Crippen molar-refractivity contribution in [1.29, 1.82) is 0 Å². The van der Waals surface area contributed by atoms with Crippen LogP contribution in [0, 0.1) is 0 Å². The minimum atomic E-state index is -3.36. The van der Waals surface area contributed by atoms with Crippen molar-refractivity contribution in [2.45, 2.75) is 5.38 Å². The normalized spacial score (nSPS) is 11.5. The van der Waals surface area contributed by atoms with E-state index in [9.17, 15) is 8.78 Å². The van der Waals surface area contributed by atoms with E-state index < -0.39 is 5.38 Å². The quantitative estimate of drug-likeness (QED) is 0.668. The van der Waals surface area contributed by atoms with Crippen LogP contribution in [-0.2, 0) is 5.38 Å². The number of nitrogen functional groups attached to an aromatic ring is 1. The number of hydrogen-bond donors (Lipinski definition) is 1. The zero-order valence-electron chi connectivity index (χ0n) is 5.39. The second-order valence-corrected chi connectivity index (χ2v) is 2.44. The number of hydrogen-bond acceptors (Lipinski definition) is 2. The van der Waals surface area contributed by atoms with Gasteiger partial charge < -0.3 is 5.73 Å². The van der Waals surface area contributed by atoms with Crippen LogP contribution >= 0.6 is 11.6 Å². The second-order valence-electron chi connectivity index (χ2n) is 1.97. The maximum atomic E-state index is 12.3. The SMILES string of the molecule is Nc1ccc(C(F)(F)Cl)cn1. The van der Waals surface area contributed by atoms with E-state index in [1.807, 2.05) is 0 Å². The molecule has 0 unspecified atom stereocenters. The minimum Gasteiger partial charge on any atom is -0.384 e. The fourth-order valence-electron chi connectivity index (χ4n) is 0.573. The van der Waals surface area contributed by atoms with E-state index in [1.165, 1.54) is 6.07 Å². The lowest BCUT2D eigenvalue weighted by molar-refractivity contribution is 0.0947. The predicted molar refractivity (Wildman–Crippen MR) is 38.4 cm³/mol. The zero-order chi connectivity index (χ0) is 8.48. The van der Waals surface area contributed by atoms with Crippen molar-refractivity contribution < 1.29 is 8.78 Å². The first-order valence-electron chi connectivity index (χ1n) is 2.79. The molecular formula is C6H5ClF2N2. The smallest absolute Gasteiger partial charge is 0.349 e. The van der Waals surface area contributed by atoms with Crippen molar-refractivity contribution in [2.24, 2.45) is 0 Å². The van der Waals surface area contributed by atoms with Gasteiger partial charge in [0.15, 0.2) is 0 Å². The number of aromatic nitrogens is 1. The molecule has 1 heterocycles. The number of anilines is 1. The molecule has 0 radical (unpaired) electrons. The lowest BCUT2D eigenvalue weighted by Gasteiger charge is -2.06. The largest absolute Gasteiger partial charge is 0.384 e. The Bertz CT molecular complexity index is 242. The molecule has 11 heavy (non-hydrogen) atoms. The highest BCUT2D eigenvalue weighted by Crippen LogP contribution is 2.31. The number of alkyl halides is 3. The molecule has 2 nitrogen and oxygen atoms in total. The third kappa shape index (κ3) is 2.01. The van der Waals surface area contributed by atoms with Crippen LogP contribution in [0.1, 0.15) is 5.56 Å². The average molecular weight is 179 g/mol. The van der Waals surface area contributed by atoms with Crippen LogP contribution in [0.4, 0.5) is 14.6 Å². The summed E-state index contributed by atoms with van der Waals surface area (Å²) in [7, 11) is 0. The van der Waals surface area contributed by atoms with E-state index in [0.717, 1.165) is 12.3 Å². The van der Waals surface area contributed by atoms with Crippen LogP contribution < -0.4 is 5.73 Å². The number of pyridine rings is 1. The van der Waals surface area contributed by atoms with Crippen LogP contribution in [0.5, 0.6) is 0 Å². The highest BCUT2D eigenvalue weighted by atomic mass is 35.5. The topological polar surface area (TPSA) is 38.9 Å². The van der Waals surface area contributed by atoms with Crippen LogP contribution in [0.15, 0.2) is 18.3 Å². The molecule has 0 bridgehead atoms. The molecular weight excluding hydrogens is 174 g/mol. The van der Waals surface area contributed by atoms with E-state index in [1.54, 1.807) is 0 Å². The van der Waals surface area contributed by atoms with Crippen LogP contribution in [0.2, 0.25) is 0 Å². The van der Waals surface area contributed by atoms with Gasteiger partial charge in [-0.3, -0.25) is 0 Å². The van der Waals surface area contributed by atoms with Gasteiger partial charge in [0.25, 0.3) is 0 Å². The summed E-state index contributed by atoms with van der Waals surface area (Å²) in [6.45, 7) is 0. The molecule has 1 rings (SSSR count). The highest BCUT2D eigenvalue weighted by molar-refractivity contribution is 6.21. The first kappa shape index (κ1) is 8.20. The third-order valence-corrected chi connectivity index (χ3v) is 1.33. The molecule has 5 heteroatoms. The number of nitrogens with zero attached hydrogens (tertiary/aromatic N) is 1. The third-order valence-electron chi connectivity index (χ3n) is 1.11. The van der Waals surface area contributed by atoms with Crippen LogP contribution in [0.3, 0.4) is 0 Å². The molecule has 0 atom stereocenters. The Kier molecular flexibility index (Phi) is 1.95. The van der Waals surface area contributed by atoms with Gasteiger partial charge in [0.2, 0.25) is 0 Å². The Morgan fingerprint density at radius 1 is 1.45 bits per heavy atom. The molecule has 0 fully saturated rings. The van der Waals surface area contributed by atoms with Gasteiger partial charge in [-0.05, 0) is 23.7 Å². The molecule has 60 valence electrons. The van der Waals surface area contributed by atoms with Crippen molar-refractivity contribution in [3.63, 3.8) is 0 Å². The summed E-state index contributed by atoms with van der Waals surface area (Å²) in [4.78, 5) is 3.46. The fraction of sp³-hybridized carbons (Fsp3) is 0.167. The Labute approximate surface area is 67.0 Å². The number of nitrogens with two attached hydrogens (primary N) is 1. The van der Waals surface area contributed by atoms with E-state index >= 15 is 0 Å². The van der Waals surface area contributed by atoms with Crippen LogP contribution in [-0.4, -0.2) is 4.98 Å². The minimum absolute atomic E-state index is 0.190.